The molecule has 1 aliphatic rings. The lowest BCUT2D eigenvalue weighted by Crippen LogP contribution is -2.34. The Morgan fingerprint density at radius 2 is 1.91 bits per heavy atom. The quantitative estimate of drug-likeness (QED) is 0.240. The van der Waals surface area contributed by atoms with Gasteiger partial charge in [-0.1, -0.05) is 30.8 Å². The molecular weight excluding hydrogens is 428 g/mol. The Kier molecular flexibility index (Phi) is 9.95. The Hall–Kier alpha value is -2.86. The van der Waals surface area contributed by atoms with E-state index in [4.69, 9.17) is 14.5 Å². The van der Waals surface area contributed by atoms with E-state index in [0.29, 0.717) is 31.1 Å². The van der Waals surface area contributed by atoms with Crippen LogP contribution < -0.4 is 0 Å². The first-order chi connectivity index (χ1) is 16.5. The molecule has 3 rings (SSSR count). The van der Waals surface area contributed by atoms with Crippen LogP contribution in [0.5, 0.6) is 5.75 Å². The minimum absolute atomic E-state index is 0.127. The van der Waals surface area contributed by atoms with E-state index in [1.165, 1.54) is 5.56 Å². The van der Waals surface area contributed by atoms with Gasteiger partial charge < -0.3 is 14.6 Å². The number of rotatable bonds is 13. The third-order valence-corrected chi connectivity index (χ3v) is 6.35. The second-order valence-corrected chi connectivity index (χ2v) is 8.67. The smallest absolute Gasteiger partial charge is 0.305 e. The normalized spacial score (nSPS) is 15.1. The molecular formula is C28H38N2O4. The van der Waals surface area contributed by atoms with Crippen LogP contribution in [0, 0.1) is 0 Å². The van der Waals surface area contributed by atoms with Crippen LogP contribution in [0.4, 0.5) is 0 Å². The number of pyridine rings is 1. The van der Waals surface area contributed by atoms with E-state index >= 15 is 0 Å². The van der Waals surface area contributed by atoms with Crippen LogP contribution >= 0.6 is 0 Å². The fourth-order valence-electron chi connectivity index (χ4n) is 4.64. The van der Waals surface area contributed by atoms with Crippen molar-refractivity contribution in [2.45, 2.75) is 64.8 Å². The molecule has 0 amide bonds. The van der Waals surface area contributed by atoms with Crippen LogP contribution in [0.25, 0.3) is 5.76 Å². The van der Waals surface area contributed by atoms with E-state index in [9.17, 15) is 9.90 Å². The number of hydrogen-bond donors (Lipinski definition) is 1. The maximum atomic E-state index is 11.7. The van der Waals surface area contributed by atoms with Crippen LogP contribution in [0.3, 0.4) is 0 Å². The molecule has 0 radical (unpaired) electrons. The van der Waals surface area contributed by atoms with E-state index in [2.05, 4.69) is 17.5 Å². The van der Waals surface area contributed by atoms with Crippen LogP contribution in [-0.4, -0.2) is 47.3 Å². The van der Waals surface area contributed by atoms with Crippen molar-refractivity contribution in [3.8, 4) is 5.75 Å². The summed E-state index contributed by atoms with van der Waals surface area (Å²) in [5.41, 5.74) is 4.14. The van der Waals surface area contributed by atoms with Crippen molar-refractivity contribution in [2.75, 3.05) is 26.3 Å². The number of ether oxygens (including phenoxy) is 2. The summed E-state index contributed by atoms with van der Waals surface area (Å²) in [4.78, 5) is 19.1. The molecule has 1 aromatic carbocycles. The van der Waals surface area contributed by atoms with Gasteiger partial charge >= 0.3 is 5.97 Å². The number of carbonyl (C=O) groups excluding carboxylic acids is 1. The van der Waals surface area contributed by atoms with E-state index in [-0.39, 0.29) is 12.0 Å². The fraction of sp³-hybridized carbons (Fsp3) is 0.500. The summed E-state index contributed by atoms with van der Waals surface area (Å²) < 4.78 is 10.6. The zero-order valence-corrected chi connectivity index (χ0v) is 20.6. The number of hydrogen-bond acceptors (Lipinski definition) is 6. The maximum absolute atomic E-state index is 11.7. The van der Waals surface area contributed by atoms with Crippen LogP contribution in [0.2, 0.25) is 0 Å². The van der Waals surface area contributed by atoms with Crippen molar-refractivity contribution in [3.05, 3.63) is 65.5 Å². The summed E-state index contributed by atoms with van der Waals surface area (Å²) in [5.74, 6) is 0.829. The third-order valence-electron chi connectivity index (χ3n) is 6.35. The third kappa shape index (κ3) is 7.07. The molecule has 0 saturated heterocycles. The Bertz CT molecular complexity index is 959. The molecule has 184 valence electrons. The predicted octanol–water partition coefficient (Wildman–Crippen LogP) is 5.45. The molecule has 1 heterocycles. The predicted molar refractivity (Wildman–Crippen MR) is 134 cm³/mol. The molecule has 1 aliphatic carbocycles. The van der Waals surface area contributed by atoms with Gasteiger partial charge in [-0.05, 0) is 82.2 Å². The van der Waals surface area contributed by atoms with Gasteiger partial charge in [0.05, 0.1) is 13.2 Å². The number of fused-ring (bicyclic) bond motifs is 1. The molecule has 0 bridgehead atoms. The van der Waals surface area contributed by atoms with Gasteiger partial charge in [0.2, 0.25) is 0 Å². The van der Waals surface area contributed by atoms with Crippen molar-refractivity contribution in [1.29, 1.82) is 0 Å². The number of aryl methyl sites for hydroxylation is 1. The van der Waals surface area contributed by atoms with Gasteiger partial charge in [-0.15, -0.1) is 0 Å². The average molecular weight is 467 g/mol. The Morgan fingerprint density at radius 3 is 2.68 bits per heavy atom. The minimum Gasteiger partial charge on any atom is -0.508 e. The molecule has 1 aromatic heterocycles. The summed E-state index contributed by atoms with van der Waals surface area (Å²) in [5, 5.41) is 10.2. The van der Waals surface area contributed by atoms with Crippen molar-refractivity contribution >= 4 is 11.7 Å². The number of benzene rings is 1. The monoisotopic (exact) mass is 466 g/mol. The molecule has 2 aromatic rings. The number of esters is 1. The van der Waals surface area contributed by atoms with Gasteiger partial charge in [-0.3, -0.25) is 9.69 Å². The van der Waals surface area contributed by atoms with Crippen LogP contribution in [0.15, 0.2) is 43.0 Å². The first kappa shape index (κ1) is 25.8. The van der Waals surface area contributed by atoms with E-state index < -0.39 is 0 Å². The first-order valence-corrected chi connectivity index (χ1v) is 12.5. The number of aromatic nitrogens is 1. The zero-order chi connectivity index (χ0) is 24.3. The molecule has 1 N–H and O–H groups in total. The summed E-state index contributed by atoms with van der Waals surface area (Å²) in [6.45, 7) is 10.5. The molecule has 1 atom stereocenters. The second-order valence-electron chi connectivity index (χ2n) is 8.67. The summed E-state index contributed by atoms with van der Waals surface area (Å²) >= 11 is 0. The lowest BCUT2D eigenvalue weighted by atomic mass is 9.89. The Balaban J connectivity index is 1.74. The van der Waals surface area contributed by atoms with Gasteiger partial charge in [-0.2, -0.15) is 0 Å². The van der Waals surface area contributed by atoms with E-state index in [0.717, 1.165) is 68.6 Å². The number of carbonyl (C=O) groups is 1. The van der Waals surface area contributed by atoms with Crippen LogP contribution in [-0.2, 0) is 27.1 Å². The molecule has 0 saturated carbocycles. The van der Waals surface area contributed by atoms with Gasteiger partial charge in [0, 0.05) is 24.7 Å². The molecule has 0 spiro atoms. The molecule has 0 aliphatic heterocycles. The van der Waals surface area contributed by atoms with E-state index in [1.54, 1.807) is 6.07 Å². The number of para-hydroxylation sites is 1. The largest absolute Gasteiger partial charge is 0.508 e. The summed E-state index contributed by atoms with van der Waals surface area (Å²) in [6.07, 6.45) is 6.03. The lowest BCUT2D eigenvalue weighted by Gasteiger charge is -2.36. The SMILES string of the molecule is C=C(OCC)c1ccc2c(n1)CCCC2N(CCCCC(=O)OCC)CCc1ccccc1O. The number of unbranched alkanes of at least 4 members (excludes halogenated alkanes) is 1. The highest BCUT2D eigenvalue weighted by Gasteiger charge is 2.27. The topological polar surface area (TPSA) is 71.9 Å². The van der Waals surface area contributed by atoms with Crippen molar-refractivity contribution in [1.82, 2.24) is 9.88 Å². The van der Waals surface area contributed by atoms with Crippen LogP contribution in [0.1, 0.15) is 74.5 Å². The maximum Gasteiger partial charge on any atom is 0.305 e. The van der Waals surface area contributed by atoms with Crippen molar-refractivity contribution in [2.24, 2.45) is 0 Å². The molecule has 1 unspecified atom stereocenters. The van der Waals surface area contributed by atoms with Gasteiger partial charge in [0.25, 0.3) is 0 Å². The molecule has 6 heteroatoms. The highest BCUT2D eigenvalue weighted by molar-refractivity contribution is 5.69. The number of phenolic OH excluding ortho intramolecular Hbond substituents is 1. The fourth-order valence-corrected chi connectivity index (χ4v) is 4.64. The summed E-state index contributed by atoms with van der Waals surface area (Å²) in [6, 6.07) is 12.0. The second kappa shape index (κ2) is 13.1. The highest BCUT2D eigenvalue weighted by Crippen LogP contribution is 2.35. The lowest BCUT2D eigenvalue weighted by molar-refractivity contribution is -0.143. The van der Waals surface area contributed by atoms with Crippen molar-refractivity contribution < 1.29 is 19.4 Å². The van der Waals surface area contributed by atoms with Gasteiger partial charge in [0.15, 0.2) is 0 Å². The van der Waals surface area contributed by atoms with Gasteiger partial charge in [-0.25, -0.2) is 4.98 Å². The molecule has 0 fully saturated rings. The highest BCUT2D eigenvalue weighted by atomic mass is 16.5. The number of phenols is 1. The Morgan fingerprint density at radius 1 is 1.12 bits per heavy atom. The zero-order valence-electron chi connectivity index (χ0n) is 20.6. The Labute approximate surface area is 203 Å². The minimum atomic E-state index is -0.127. The van der Waals surface area contributed by atoms with E-state index in [1.807, 2.05) is 38.1 Å². The molecule has 34 heavy (non-hydrogen) atoms. The van der Waals surface area contributed by atoms with Crippen molar-refractivity contribution in [3.63, 3.8) is 0 Å². The first-order valence-electron chi connectivity index (χ1n) is 12.5. The summed E-state index contributed by atoms with van der Waals surface area (Å²) in [7, 11) is 0. The van der Waals surface area contributed by atoms with Gasteiger partial charge in [0.1, 0.15) is 17.2 Å². The number of nitrogens with zero attached hydrogens (tertiary/aromatic N) is 2. The molecule has 6 nitrogen and oxygen atoms in total. The average Bonchev–Trinajstić information content (AvgIpc) is 2.84. The standard InChI is InChI=1S/C28H38N2O4/c1-4-33-21(3)24-17-16-23-25(29-24)12-10-13-26(23)30(19-9-8-15-28(32)34-5-2)20-18-22-11-6-7-14-27(22)31/h6-7,11,14,16-17,26,31H,3-5,8-10,12-13,15,18-20H2,1-2H3. The number of aromatic hydroxyl groups is 1.